The molecule has 4 heterocycles. The van der Waals surface area contributed by atoms with Gasteiger partial charge in [-0.25, -0.2) is 9.78 Å². The first kappa shape index (κ1) is 18.2. The summed E-state index contributed by atoms with van der Waals surface area (Å²) in [7, 11) is 0. The zero-order chi connectivity index (χ0) is 19.8. The van der Waals surface area contributed by atoms with Crippen LogP contribution in [0.3, 0.4) is 0 Å². The first-order valence-electron chi connectivity index (χ1n) is 10.3. The molecule has 0 aliphatic carbocycles. The number of hydrogen-bond acceptors (Lipinski definition) is 4. The normalized spacial score (nSPS) is 26.4. The molecule has 2 aliphatic heterocycles. The monoisotopic (exact) mass is 391 g/mol. The lowest BCUT2D eigenvalue weighted by atomic mass is 9.73. The molecular weight excluding hydrogens is 366 g/mol. The summed E-state index contributed by atoms with van der Waals surface area (Å²) in [6, 6.07) is 13.6. The van der Waals surface area contributed by atoms with E-state index in [0.29, 0.717) is 12.8 Å². The van der Waals surface area contributed by atoms with Crippen molar-refractivity contribution in [1.29, 1.82) is 0 Å². The third-order valence-corrected chi connectivity index (χ3v) is 6.36. The molecule has 2 aromatic heterocycles. The molecule has 2 aliphatic rings. The number of imidazole rings is 1. The first-order chi connectivity index (χ1) is 14.1. The summed E-state index contributed by atoms with van der Waals surface area (Å²) in [5, 5.41) is 11.5. The fourth-order valence-corrected chi connectivity index (χ4v) is 4.96. The van der Waals surface area contributed by atoms with Gasteiger partial charge in [-0.1, -0.05) is 30.3 Å². The second kappa shape index (κ2) is 7.19. The molecule has 0 spiro atoms. The van der Waals surface area contributed by atoms with E-state index < -0.39 is 5.60 Å². The molecule has 2 saturated heterocycles. The molecule has 6 heteroatoms. The lowest BCUT2D eigenvalue weighted by molar-refractivity contribution is -0.0896. The molecule has 1 amide bonds. The van der Waals surface area contributed by atoms with Gasteiger partial charge in [0.15, 0.2) is 0 Å². The zero-order valence-corrected chi connectivity index (χ0v) is 16.3. The van der Waals surface area contributed by atoms with Crippen molar-refractivity contribution in [3.63, 3.8) is 0 Å². The maximum absolute atomic E-state index is 12.9. The Morgan fingerprint density at radius 2 is 1.90 bits per heavy atom. The van der Waals surface area contributed by atoms with E-state index in [9.17, 15) is 9.90 Å². The molecule has 1 N–H and O–H groups in total. The lowest BCUT2D eigenvalue weighted by Gasteiger charge is -2.51. The Bertz CT molecular complexity index is 1000. The lowest BCUT2D eigenvalue weighted by Crippen LogP contribution is -2.58. The van der Waals surface area contributed by atoms with Crippen molar-refractivity contribution in [3.05, 3.63) is 72.2 Å². The molecule has 2 unspecified atom stereocenters. The van der Waals surface area contributed by atoms with E-state index in [1.54, 1.807) is 6.20 Å². The maximum Gasteiger partial charge on any atom is 0.410 e. The second-order valence-corrected chi connectivity index (χ2v) is 8.23. The van der Waals surface area contributed by atoms with E-state index in [2.05, 4.69) is 4.98 Å². The van der Waals surface area contributed by atoms with Crippen LogP contribution in [0, 0.1) is 0 Å². The van der Waals surface area contributed by atoms with Gasteiger partial charge in [0.2, 0.25) is 0 Å². The van der Waals surface area contributed by atoms with Crippen molar-refractivity contribution in [2.24, 2.45) is 0 Å². The van der Waals surface area contributed by atoms with Gasteiger partial charge in [0.25, 0.3) is 0 Å². The van der Waals surface area contributed by atoms with Crippen LogP contribution >= 0.6 is 0 Å². The van der Waals surface area contributed by atoms with E-state index >= 15 is 0 Å². The van der Waals surface area contributed by atoms with Crippen LogP contribution < -0.4 is 0 Å². The van der Waals surface area contributed by atoms with Crippen molar-refractivity contribution in [3.8, 4) is 0 Å². The average Bonchev–Trinajstić information content (AvgIpc) is 3.20. The summed E-state index contributed by atoms with van der Waals surface area (Å²) in [6.45, 7) is 0.274. The number of carbonyl (C=O) groups is 1. The Morgan fingerprint density at radius 3 is 2.66 bits per heavy atom. The molecule has 0 radical (unpaired) electrons. The number of carbonyl (C=O) groups excluding carboxylic acids is 1. The van der Waals surface area contributed by atoms with Crippen LogP contribution in [0.25, 0.3) is 5.65 Å². The van der Waals surface area contributed by atoms with Gasteiger partial charge in [-0.3, -0.25) is 0 Å². The molecule has 2 bridgehead atoms. The third kappa shape index (κ3) is 3.38. The first-order valence-corrected chi connectivity index (χ1v) is 10.3. The maximum atomic E-state index is 12.9. The number of fused-ring (bicyclic) bond motifs is 3. The predicted molar refractivity (Wildman–Crippen MR) is 108 cm³/mol. The number of rotatable bonds is 3. The van der Waals surface area contributed by atoms with Crippen LogP contribution in [0.15, 0.2) is 61.1 Å². The minimum atomic E-state index is -0.945. The Morgan fingerprint density at radius 1 is 1.14 bits per heavy atom. The Kier molecular flexibility index (Phi) is 4.51. The van der Waals surface area contributed by atoms with E-state index in [1.165, 1.54) is 0 Å². The molecule has 5 rings (SSSR count). The van der Waals surface area contributed by atoms with E-state index in [-0.39, 0.29) is 24.8 Å². The van der Waals surface area contributed by atoms with Gasteiger partial charge in [0, 0.05) is 43.5 Å². The van der Waals surface area contributed by atoms with Gasteiger partial charge >= 0.3 is 6.09 Å². The molecule has 2 atom stereocenters. The van der Waals surface area contributed by atoms with Gasteiger partial charge in [0.1, 0.15) is 12.3 Å². The number of aliphatic hydroxyl groups is 1. The van der Waals surface area contributed by atoms with Crippen LogP contribution in [0.4, 0.5) is 4.79 Å². The number of amides is 1. The molecule has 150 valence electrons. The molecule has 29 heavy (non-hydrogen) atoms. The van der Waals surface area contributed by atoms with Crippen LogP contribution in [-0.2, 0) is 16.9 Å². The quantitative estimate of drug-likeness (QED) is 0.736. The molecule has 2 fully saturated rings. The second-order valence-electron chi connectivity index (χ2n) is 8.23. The smallest absolute Gasteiger partial charge is 0.410 e. The molecular formula is C23H25N3O3. The minimum Gasteiger partial charge on any atom is -0.445 e. The summed E-state index contributed by atoms with van der Waals surface area (Å²) in [5.41, 5.74) is 1.74. The highest BCUT2D eigenvalue weighted by molar-refractivity contribution is 5.69. The number of aromatic nitrogens is 2. The van der Waals surface area contributed by atoms with Crippen LogP contribution in [0.5, 0.6) is 0 Å². The Balaban J connectivity index is 1.34. The van der Waals surface area contributed by atoms with Crippen LogP contribution in [0.2, 0.25) is 0 Å². The summed E-state index contributed by atoms with van der Waals surface area (Å²) >= 11 is 0. The van der Waals surface area contributed by atoms with E-state index in [0.717, 1.165) is 36.0 Å². The van der Waals surface area contributed by atoms with Crippen molar-refractivity contribution in [2.45, 2.75) is 56.4 Å². The Hall–Kier alpha value is -2.86. The summed E-state index contributed by atoms with van der Waals surface area (Å²) < 4.78 is 7.55. The minimum absolute atomic E-state index is 0.00764. The molecule has 1 aromatic carbocycles. The number of hydrogen-bond donors (Lipinski definition) is 1. The largest absolute Gasteiger partial charge is 0.445 e. The highest BCUT2D eigenvalue weighted by Gasteiger charge is 2.48. The Labute approximate surface area is 169 Å². The molecule has 6 nitrogen and oxygen atoms in total. The molecule has 0 saturated carbocycles. The number of nitrogens with zero attached hydrogens (tertiary/aromatic N) is 3. The summed E-state index contributed by atoms with van der Waals surface area (Å²) in [4.78, 5) is 19.1. The SMILES string of the molecule is O=C(OCc1ccccc1)N1C2CCCC1CC(O)(c1ccn3ccnc3c1)C2. The van der Waals surface area contributed by atoms with Gasteiger partial charge in [-0.05, 0) is 42.5 Å². The van der Waals surface area contributed by atoms with Gasteiger partial charge < -0.3 is 19.1 Å². The predicted octanol–water partition coefficient (Wildman–Crippen LogP) is 3.88. The van der Waals surface area contributed by atoms with Crippen LogP contribution in [0.1, 0.15) is 43.2 Å². The van der Waals surface area contributed by atoms with Crippen LogP contribution in [-0.4, -0.2) is 37.6 Å². The molecule has 3 aromatic rings. The summed E-state index contributed by atoms with van der Waals surface area (Å²) in [6.07, 6.45) is 9.23. The average molecular weight is 391 g/mol. The van der Waals surface area contributed by atoms with E-state index in [1.807, 2.05) is 64.2 Å². The number of ether oxygens (including phenoxy) is 1. The summed E-state index contributed by atoms with van der Waals surface area (Å²) in [5.74, 6) is 0. The van der Waals surface area contributed by atoms with Gasteiger partial charge in [-0.2, -0.15) is 0 Å². The van der Waals surface area contributed by atoms with Gasteiger partial charge in [0.05, 0.1) is 5.60 Å². The van der Waals surface area contributed by atoms with E-state index in [4.69, 9.17) is 4.74 Å². The fourth-order valence-electron chi connectivity index (χ4n) is 4.96. The van der Waals surface area contributed by atoms with Crippen molar-refractivity contribution in [1.82, 2.24) is 14.3 Å². The standard InChI is InChI=1S/C23H25N3O3/c27-22(29-16-17-5-2-1-3-6-17)26-19-7-4-8-20(26)15-23(28,14-19)18-9-11-25-12-10-24-21(25)13-18/h1-3,5-6,9-13,19-20,28H,4,7-8,14-16H2. The number of benzene rings is 1. The van der Waals surface area contributed by atoms with Gasteiger partial charge in [-0.15, -0.1) is 0 Å². The number of piperidine rings is 2. The third-order valence-electron chi connectivity index (χ3n) is 6.36. The van der Waals surface area contributed by atoms with Crippen molar-refractivity contribution in [2.75, 3.05) is 0 Å². The van der Waals surface area contributed by atoms with Crippen molar-refractivity contribution < 1.29 is 14.6 Å². The highest BCUT2D eigenvalue weighted by atomic mass is 16.6. The highest BCUT2D eigenvalue weighted by Crippen LogP contribution is 2.44. The fraction of sp³-hybridized carbons (Fsp3) is 0.391. The zero-order valence-electron chi connectivity index (χ0n) is 16.3. The topological polar surface area (TPSA) is 67.1 Å². The van der Waals surface area contributed by atoms with Crippen molar-refractivity contribution >= 4 is 11.7 Å². The number of pyridine rings is 1.